The van der Waals surface area contributed by atoms with Crippen molar-refractivity contribution in [2.24, 2.45) is 0 Å². The lowest BCUT2D eigenvalue weighted by Gasteiger charge is -2.32. The van der Waals surface area contributed by atoms with Gasteiger partial charge in [0.25, 0.3) is 0 Å². The minimum absolute atomic E-state index is 0.418. The summed E-state index contributed by atoms with van der Waals surface area (Å²) in [5, 5.41) is 11.9. The van der Waals surface area contributed by atoms with Gasteiger partial charge in [-0.15, -0.1) is 11.3 Å². The summed E-state index contributed by atoms with van der Waals surface area (Å²) in [6.45, 7) is 0. The SMILES string of the molecule is N#CC1(Cc2cn3ccsc3n2)CCCc2ccccc21. The molecule has 0 bridgehead atoms. The number of rotatable bonds is 2. The second kappa shape index (κ2) is 4.71. The average molecular weight is 293 g/mol. The van der Waals surface area contributed by atoms with Crippen LogP contribution in [0.2, 0.25) is 0 Å². The van der Waals surface area contributed by atoms with Crippen LogP contribution in [0.3, 0.4) is 0 Å². The minimum atomic E-state index is -0.418. The molecular weight excluding hydrogens is 278 g/mol. The van der Waals surface area contributed by atoms with E-state index in [1.807, 2.05) is 22.0 Å². The lowest BCUT2D eigenvalue weighted by molar-refractivity contribution is 0.447. The van der Waals surface area contributed by atoms with Gasteiger partial charge in [-0.05, 0) is 30.4 Å². The molecule has 1 aromatic carbocycles. The molecule has 0 aliphatic heterocycles. The van der Waals surface area contributed by atoms with Crippen molar-refractivity contribution in [2.75, 3.05) is 0 Å². The van der Waals surface area contributed by atoms with E-state index in [0.717, 1.165) is 29.9 Å². The number of imidazole rings is 1. The molecule has 4 heteroatoms. The largest absolute Gasteiger partial charge is 0.297 e. The number of hydrogen-bond donors (Lipinski definition) is 0. The molecule has 0 radical (unpaired) electrons. The highest BCUT2D eigenvalue weighted by atomic mass is 32.1. The fraction of sp³-hybridized carbons (Fsp3) is 0.294. The molecular formula is C17H15N3S. The number of nitriles is 1. The van der Waals surface area contributed by atoms with Crippen molar-refractivity contribution in [3.8, 4) is 6.07 Å². The Morgan fingerprint density at radius 2 is 2.29 bits per heavy atom. The maximum atomic E-state index is 9.89. The predicted molar refractivity (Wildman–Crippen MR) is 83.4 cm³/mol. The molecule has 3 aromatic rings. The summed E-state index contributed by atoms with van der Waals surface area (Å²) in [5.41, 5.74) is 3.13. The molecule has 0 spiro atoms. The van der Waals surface area contributed by atoms with Crippen molar-refractivity contribution < 1.29 is 0 Å². The van der Waals surface area contributed by atoms with Crippen LogP contribution in [0.25, 0.3) is 4.96 Å². The summed E-state index contributed by atoms with van der Waals surface area (Å²) in [6.07, 6.45) is 7.86. The second-order valence-corrected chi connectivity index (χ2v) is 6.58. The van der Waals surface area contributed by atoms with Crippen LogP contribution in [-0.4, -0.2) is 9.38 Å². The minimum Gasteiger partial charge on any atom is -0.297 e. The van der Waals surface area contributed by atoms with Crippen molar-refractivity contribution in [1.82, 2.24) is 9.38 Å². The van der Waals surface area contributed by atoms with Gasteiger partial charge in [-0.25, -0.2) is 4.98 Å². The fourth-order valence-electron chi connectivity index (χ4n) is 3.43. The Kier molecular flexibility index (Phi) is 2.83. The van der Waals surface area contributed by atoms with Crippen LogP contribution >= 0.6 is 11.3 Å². The third-order valence-electron chi connectivity index (χ3n) is 4.42. The molecule has 4 rings (SSSR count). The number of hydrogen-bond acceptors (Lipinski definition) is 3. The molecule has 0 fully saturated rings. The van der Waals surface area contributed by atoms with Gasteiger partial charge in [0.2, 0.25) is 0 Å². The Morgan fingerprint density at radius 1 is 1.38 bits per heavy atom. The number of thiazole rings is 1. The smallest absolute Gasteiger partial charge is 0.193 e. The van der Waals surface area contributed by atoms with Gasteiger partial charge in [0.05, 0.1) is 17.2 Å². The van der Waals surface area contributed by atoms with Gasteiger partial charge in [0.1, 0.15) is 0 Å². The number of aryl methyl sites for hydroxylation is 1. The van der Waals surface area contributed by atoms with E-state index in [1.54, 1.807) is 11.3 Å². The van der Waals surface area contributed by atoms with Crippen molar-refractivity contribution >= 4 is 16.3 Å². The van der Waals surface area contributed by atoms with Gasteiger partial charge in [-0.2, -0.15) is 5.26 Å². The maximum absolute atomic E-state index is 9.89. The molecule has 21 heavy (non-hydrogen) atoms. The van der Waals surface area contributed by atoms with Crippen LogP contribution in [-0.2, 0) is 18.3 Å². The van der Waals surface area contributed by atoms with Crippen molar-refractivity contribution in [1.29, 1.82) is 5.26 Å². The van der Waals surface area contributed by atoms with E-state index in [4.69, 9.17) is 0 Å². The summed E-state index contributed by atoms with van der Waals surface area (Å²) in [7, 11) is 0. The molecule has 1 unspecified atom stereocenters. The average Bonchev–Trinajstić information content (AvgIpc) is 3.08. The molecule has 0 N–H and O–H groups in total. The standard InChI is InChI=1S/C17H15N3S/c18-12-17(7-3-5-13-4-1-2-6-15(13)17)10-14-11-20-8-9-21-16(20)19-14/h1-2,4,6,8-9,11H,3,5,7,10H2. The van der Waals surface area contributed by atoms with E-state index in [9.17, 15) is 5.26 Å². The van der Waals surface area contributed by atoms with E-state index < -0.39 is 5.41 Å². The maximum Gasteiger partial charge on any atom is 0.193 e. The first-order chi connectivity index (χ1) is 10.3. The third-order valence-corrected chi connectivity index (χ3v) is 5.19. The van der Waals surface area contributed by atoms with Crippen molar-refractivity contribution in [2.45, 2.75) is 31.1 Å². The number of aromatic nitrogens is 2. The van der Waals surface area contributed by atoms with Crippen LogP contribution in [0.5, 0.6) is 0 Å². The highest BCUT2D eigenvalue weighted by Gasteiger charge is 2.37. The molecule has 1 aliphatic rings. The normalized spacial score (nSPS) is 21.1. The van der Waals surface area contributed by atoms with Gasteiger partial charge in [-0.1, -0.05) is 24.3 Å². The van der Waals surface area contributed by atoms with E-state index in [-0.39, 0.29) is 0 Å². The second-order valence-electron chi connectivity index (χ2n) is 5.71. The zero-order chi connectivity index (χ0) is 14.3. The number of fused-ring (bicyclic) bond motifs is 2. The molecule has 1 aliphatic carbocycles. The Balaban J connectivity index is 1.78. The Bertz CT molecular complexity index is 810. The first kappa shape index (κ1) is 12.6. The molecule has 1 atom stereocenters. The lowest BCUT2D eigenvalue weighted by Crippen LogP contribution is -2.31. The van der Waals surface area contributed by atoms with Crippen LogP contribution in [0, 0.1) is 11.3 Å². The lowest BCUT2D eigenvalue weighted by atomic mass is 9.68. The highest BCUT2D eigenvalue weighted by Crippen LogP contribution is 2.39. The first-order valence-electron chi connectivity index (χ1n) is 7.21. The quantitative estimate of drug-likeness (QED) is 0.722. The monoisotopic (exact) mass is 293 g/mol. The van der Waals surface area contributed by atoms with Crippen LogP contribution in [0.4, 0.5) is 0 Å². The first-order valence-corrected chi connectivity index (χ1v) is 8.09. The Labute approximate surface area is 127 Å². The molecule has 0 saturated heterocycles. The number of benzene rings is 1. The highest BCUT2D eigenvalue weighted by molar-refractivity contribution is 7.15. The third kappa shape index (κ3) is 1.97. The zero-order valence-electron chi connectivity index (χ0n) is 11.6. The van der Waals surface area contributed by atoms with Gasteiger partial charge in [-0.3, -0.25) is 4.40 Å². The summed E-state index contributed by atoms with van der Waals surface area (Å²) >= 11 is 1.63. The molecule has 0 amide bonds. The van der Waals surface area contributed by atoms with Crippen molar-refractivity contribution in [3.05, 3.63) is 58.9 Å². The van der Waals surface area contributed by atoms with Gasteiger partial charge < -0.3 is 0 Å². The molecule has 0 saturated carbocycles. The topological polar surface area (TPSA) is 41.1 Å². The molecule has 2 heterocycles. The van der Waals surface area contributed by atoms with Crippen molar-refractivity contribution in [3.63, 3.8) is 0 Å². The van der Waals surface area contributed by atoms with E-state index in [1.165, 1.54) is 11.1 Å². The predicted octanol–water partition coefficient (Wildman–Crippen LogP) is 3.74. The summed E-state index contributed by atoms with van der Waals surface area (Å²) < 4.78 is 2.04. The molecule has 2 aromatic heterocycles. The van der Waals surface area contributed by atoms with E-state index in [2.05, 4.69) is 35.4 Å². The zero-order valence-corrected chi connectivity index (χ0v) is 12.4. The van der Waals surface area contributed by atoms with Crippen LogP contribution in [0.1, 0.15) is 29.7 Å². The summed E-state index contributed by atoms with van der Waals surface area (Å²) in [5.74, 6) is 0. The molecule has 3 nitrogen and oxygen atoms in total. The van der Waals surface area contributed by atoms with Gasteiger partial charge >= 0.3 is 0 Å². The summed E-state index contributed by atoms with van der Waals surface area (Å²) in [4.78, 5) is 5.67. The number of nitrogens with zero attached hydrogens (tertiary/aromatic N) is 3. The Morgan fingerprint density at radius 3 is 3.14 bits per heavy atom. The Hall–Kier alpha value is -2.12. The fourth-order valence-corrected chi connectivity index (χ4v) is 4.15. The summed E-state index contributed by atoms with van der Waals surface area (Å²) in [6, 6.07) is 11.0. The van der Waals surface area contributed by atoms with Crippen LogP contribution < -0.4 is 0 Å². The van der Waals surface area contributed by atoms with Crippen LogP contribution in [0.15, 0.2) is 42.0 Å². The van der Waals surface area contributed by atoms with E-state index >= 15 is 0 Å². The van der Waals surface area contributed by atoms with E-state index in [0.29, 0.717) is 6.42 Å². The van der Waals surface area contributed by atoms with Gasteiger partial charge in [0.15, 0.2) is 4.96 Å². The molecule has 104 valence electrons. The van der Waals surface area contributed by atoms with Gasteiger partial charge in [0, 0.05) is 24.2 Å².